The number of rotatable bonds is 4. The number of ether oxygens (including phenoxy) is 1. The molecule has 1 heterocycles. The number of hydrogen-bond acceptors (Lipinski definition) is 4. The van der Waals surface area contributed by atoms with E-state index in [-0.39, 0.29) is 17.6 Å². The van der Waals surface area contributed by atoms with E-state index in [1.54, 1.807) is 6.92 Å². The molecule has 2 aromatic rings. The maximum Gasteiger partial charge on any atom is 0.341 e. The van der Waals surface area contributed by atoms with Gasteiger partial charge in [-0.05, 0) is 61.3 Å². The normalized spacial score (nSPS) is 16.3. The van der Waals surface area contributed by atoms with Crippen LogP contribution in [-0.4, -0.2) is 18.5 Å². The van der Waals surface area contributed by atoms with E-state index in [9.17, 15) is 18.4 Å². The summed E-state index contributed by atoms with van der Waals surface area (Å²) >= 11 is 1.37. The summed E-state index contributed by atoms with van der Waals surface area (Å²) < 4.78 is 31.9. The lowest BCUT2D eigenvalue weighted by molar-refractivity contribution is 0.0526. The lowest BCUT2D eigenvalue weighted by Crippen LogP contribution is -2.26. The second-order valence-electron chi connectivity index (χ2n) is 8.32. The first-order valence-electron chi connectivity index (χ1n) is 9.69. The number of nitrogens with one attached hydrogen (secondary N) is 1. The third-order valence-electron chi connectivity index (χ3n) is 5.38. The molecule has 0 aliphatic heterocycles. The van der Waals surface area contributed by atoms with E-state index in [4.69, 9.17) is 4.74 Å². The van der Waals surface area contributed by atoms with Gasteiger partial charge < -0.3 is 10.1 Å². The van der Waals surface area contributed by atoms with Crippen molar-refractivity contribution in [3.63, 3.8) is 0 Å². The summed E-state index contributed by atoms with van der Waals surface area (Å²) in [6.45, 7) is 8.56. The van der Waals surface area contributed by atoms with E-state index in [1.165, 1.54) is 17.4 Å². The number of halogens is 2. The third kappa shape index (κ3) is 4.50. The largest absolute Gasteiger partial charge is 0.462 e. The molecule has 4 nitrogen and oxygen atoms in total. The summed E-state index contributed by atoms with van der Waals surface area (Å²) in [4.78, 5) is 26.3. The van der Waals surface area contributed by atoms with E-state index in [1.807, 2.05) is 0 Å². The molecule has 3 rings (SSSR count). The van der Waals surface area contributed by atoms with Crippen LogP contribution < -0.4 is 5.32 Å². The van der Waals surface area contributed by atoms with Crippen LogP contribution in [0, 0.1) is 23.0 Å². The van der Waals surface area contributed by atoms with Crippen LogP contribution in [0.3, 0.4) is 0 Å². The molecule has 1 N–H and O–H groups in total. The SMILES string of the molecule is CCOC(=O)c1c(NC(=O)c2ccc(F)c(F)c2)sc2c1CC[C@H](C(C)(C)C)C2. The van der Waals surface area contributed by atoms with Crippen molar-refractivity contribution in [1.29, 1.82) is 0 Å². The molecule has 0 spiro atoms. The standard InChI is InChI=1S/C22H25F2NO3S/c1-5-28-21(27)18-14-8-7-13(22(2,3)4)11-17(14)29-20(18)25-19(26)12-6-9-15(23)16(24)10-12/h6,9-10,13H,5,7-8,11H2,1-4H3,(H,25,26)/t13-/m0/s1. The highest BCUT2D eigenvalue weighted by atomic mass is 32.1. The Balaban J connectivity index is 1.95. The summed E-state index contributed by atoms with van der Waals surface area (Å²) in [5.74, 6) is -2.71. The minimum Gasteiger partial charge on any atom is -0.462 e. The zero-order chi connectivity index (χ0) is 21.3. The van der Waals surface area contributed by atoms with Gasteiger partial charge in [-0.15, -0.1) is 11.3 Å². The van der Waals surface area contributed by atoms with Crippen molar-refractivity contribution in [3.05, 3.63) is 51.4 Å². The predicted molar refractivity (Wildman–Crippen MR) is 110 cm³/mol. The second kappa shape index (κ2) is 8.22. The molecule has 1 aromatic carbocycles. The predicted octanol–water partition coefficient (Wildman–Crippen LogP) is 5.61. The molecule has 0 saturated carbocycles. The monoisotopic (exact) mass is 421 g/mol. The Morgan fingerprint density at radius 3 is 2.59 bits per heavy atom. The van der Waals surface area contributed by atoms with Crippen LogP contribution in [0.25, 0.3) is 0 Å². The van der Waals surface area contributed by atoms with Crippen LogP contribution in [-0.2, 0) is 17.6 Å². The van der Waals surface area contributed by atoms with Gasteiger partial charge in [-0.25, -0.2) is 13.6 Å². The van der Waals surface area contributed by atoms with Gasteiger partial charge in [0.1, 0.15) is 5.00 Å². The number of fused-ring (bicyclic) bond motifs is 1. The van der Waals surface area contributed by atoms with Gasteiger partial charge in [0.15, 0.2) is 11.6 Å². The maximum atomic E-state index is 13.5. The van der Waals surface area contributed by atoms with Crippen molar-refractivity contribution >= 4 is 28.2 Å². The van der Waals surface area contributed by atoms with Gasteiger partial charge in [0.25, 0.3) is 5.91 Å². The number of benzene rings is 1. The summed E-state index contributed by atoms with van der Waals surface area (Å²) in [5, 5.41) is 3.11. The number of carbonyl (C=O) groups excluding carboxylic acids is 2. The first kappa shape index (κ1) is 21.4. The van der Waals surface area contributed by atoms with Gasteiger partial charge >= 0.3 is 5.97 Å². The molecule has 0 fully saturated rings. The smallest absolute Gasteiger partial charge is 0.341 e. The number of carbonyl (C=O) groups is 2. The van der Waals surface area contributed by atoms with E-state index >= 15 is 0 Å². The molecule has 1 amide bonds. The van der Waals surface area contributed by atoms with Crippen LogP contribution in [0.2, 0.25) is 0 Å². The first-order chi connectivity index (χ1) is 13.6. The molecule has 0 bridgehead atoms. The van der Waals surface area contributed by atoms with Crippen LogP contribution in [0.4, 0.5) is 13.8 Å². The van der Waals surface area contributed by atoms with Crippen molar-refractivity contribution in [3.8, 4) is 0 Å². The Kier molecular flexibility index (Phi) is 6.08. The first-order valence-corrected chi connectivity index (χ1v) is 10.5. The fraction of sp³-hybridized carbons (Fsp3) is 0.455. The van der Waals surface area contributed by atoms with E-state index in [2.05, 4.69) is 26.1 Å². The molecule has 1 aliphatic carbocycles. The van der Waals surface area contributed by atoms with Gasteiger partial charge in [0.2, 0.25) is 0 Å². The molecule has 0 saturated heterocycles. The Bertz CT molecular complexity index is 946. The van der Waals surface area contributed by atoms with Crippen LogP contribution in [0.5, 0.6) is 0 Å². The Morgan fingerprint density at radius 2 is 1.97 bits per heavy atom. The van der Waals surface area contributed by atoms with Crippen molar-refractivity contribution in [2.45, 2.75) is 47.0 Å². The fourth-order valence-corrected chi connectivity index (χ4v) is 4.96. The average Bonchev–Trinajstić information content (AvgIpc) is 3.00. The second-order valence-corrected chi connectivity index (χ2v) is 9.42. The highest BCUT2D eigenvalue weighted by molar-refractivity contribution is 7.17. The number of anilines is 1. The lowest BCUT2D eigenvalue weighted by Gasteiger charge is -2.33. The quantitative estimate of drug-likeness (QED) is 0.653. The fourth-order valence-electron chi connectivity index (χ4n) is 3.65. The molecule has 156 valence electrons. The number of thiophene rings is 1. The number of amides is 1. The molecule has 1 aliphatic rings. The van der Waals surface area contributed by atoms with Gasteiger partial charge in [0.05, 0.1) is 12.2 Å². The van der Waals surface area contributed by atoms with Crippen molar-refractivity contribution in [2.75, 3.05) is 11.9 Å². The molecule has 1 aromatic heterocycles. The lowest BCUT2D eigenvalue weighted by atomic mass is 9.72. The molecule has 29 heavy (non-hydrogen) atoms. The molecule has 0 radical (unpaired) electrons. The highest BCUT2D eigenvalue weighted by Crippen LogP contribution is 2.44. The molecule has 0 unspecified atom stereocenters. The summed E-state index contributed by atoms with van der Waals surface area (Å²) in [6, 6.07) is 2.96. The zero-order valence-electron chi connectivity index (χ0n) is 17.0. The van der Waals surface area contributed by atoms with E-state index in [0.29, 0.717) is 16.5 Å². The van der Waals surface area contributed by atoms with Crippen molar-refractivity contribution < 1.29 is 23.1 Å². The molecule has 7 heteroatoms. The van der Waals surface area contributed by atoms with Gasteiger partial charge in [-0.1, -0.05) is 20.8 Å². The summed E-state index contributed by atoms with van der Waals surface area (Å²) in [5.41, 5.74) is 1.43. The van der Waals surface area contributed by atoms with Crippen LogP contribution in [0.1, 0.15) is 65.3 Å². The van der Waals surface area contributed by atoms with Crippen molar-refractivity contribution in [2.24, 2.45) is 11.3 Å². The Labute approximate surface area is 173 Å². The number of esters is 1. The Hall–Kier alpha value is -2.28. The third-order valence-corrected chi connectivity index (χ3v) is 6.55. The van der Waals surface area contributed by atoms with Gasteiger partial charge in [-0.2, -0.15) is 0 Å². The van der Waals surface area contributed by atoms with E-state index in [0.717, 1.165) is 41.8 Å². The van der Waals surface area contributed by atoms with E-state index < -0.39 is 23.5 Å². The van der Waals surface area contributed by atoms with Crippen LogP contribution in [0.15, 0.2) is 18.2 Å². The topological polar surface area (TPSA) is 55.4 Å². The molecular formula is C22H25F2NO3S. The molecular weight excluding hydrogens is 396 g/mol. The maximum absolute atomic E-state index is 13.5. The summed E-state index contributed by atoms with van der Waals surface area (Å²) in [7, 11) is 0. The van der Waals surface area contributed by atoms with Crippen LogP contribution >= 0.6 is 11.3 Å². The number of hydrogen-bond donors (Lipinski definition) is 1. The van der Waals surface area contributed by atoms with Gasteiger partial charge in [0, 0.05) is 10.4 Å². The zero-order valence-corrected chi connectivity index (χ0v) is 17.8. The highest BCUT2D eigenvalue weighted by Gasteiger charge is 2.34. The van der Waals surface area contributed by atoms with Gasteiger partial charge in [-0.3, -0.25) is 4.79 Å². The molecule has 1 atom stereocenters. The Morgan fingerprint density at radius 1 is 1.24 bits per heavy atom. The minimum absolute atomic E-state index is 0.0161. The average molecular weight is 422 g/mol. The minimum atomic E-state index is -1.10. The van der Waals surface area contributed by atoms with Crippen molar-refractivity contribution in [1.82, 2.24) is 0 Å². The summed E-state index contributed by atoms with van der Waals surface area (Å²) in [6.07, 6.45) is 2.52.